The van der Waals surface area contributed by atoms with Crippen LogP contribution in [0.2, 0.25) is 0 Å². The second kappa shape index (κ2) is 5.17. The van der Waals surface area contributed by atoms with Gasteiger partial charge in [-0.3, -0.25) is 4.79 Å². The highest BCUT2D eigenvalue weighted by Gasteiger charge is 2.14. The van der Waals surface area contributed by atoms with Gasteiger partial charge in [0, 0.05) is 24.8 Å². The fraction of sp³-hybridized carbons (Fsp3) is 0.333. The predicted octanol–water partition coefficient (Wildman–Crippen LogP) is 1.56. The van der Waals surface area contributed by atoms with Crippen molar-refractivity contribution in [2.24, 2.45) is 0 Å². The number of rotatable bonds is 3. The van der Waals surface area contributed by atoms with E-state index in [1.807, 2.05) is 13.0 Å². The van der Waals surface area contributed by atoms with Crippen molar-refractivity contribution in [2.75, 3.05) is 19.3 Å². The first-order valence-corrected chi connectivity index (χ1v) is 5.05. The van der Waals surface area contributed by atoms with Crippen LogP contribution in [0.25, 0.3) is 0 Å². The van der Waals surface area contributed by atoms with Gasteiger partial charge in [-0.15, -0.1) is 0 Å². The number of nitriles is 1. The first kappa shape index (κ1) is 12.1. The van der Waals surface area contributed by atoms with Crippen molar-refractivity contribution in [3.63, 3.8) is 0 Å². The highest BCUT2D eigenvalue weighted by molar-refractivity contribution is 5.96. The van der Waals surface area contributed by atoms with E-state index < -0.39 is 0 Å². The summed E-state index contributed by atoms with van der Waals surface area (Å²) in [4.78, 5) is 13.5. The molecule has 0 saturated heterocycles. The standard InChI is InChI=1S/C12H15N3O/c1-9-10(5-3-6-11(9)14)12(16)15(2)8-4-7-13/h3,5-6H,4,8,14H2,1-2H3. The molecule has 16 heavy (non-hydrogen) atoms. The maximum absolute atomic E-state index is 12.0. The molecule has 1 amide bonds. The van der Waals surface area contributed by atoms with Crippen LogP contribution in [0.5, 0.6) is 0 Å². The summed E-state index contributed by atoms with van der Waals surface area (Å²) in [6.07, 6.45) is 0.337. The number of carbonyl (C=O) groups is 1. The average Bonchev–Trinajstić information content (AvgIpc) is 2.28. The summed E-state index contributed by atoms with van der Waals surface area (Å²) in [6.45, 7) is 2.25. The maximum atomic E-state index is 12.0. The van der Waals surface area contributed by atoms with Crippen molar-refractivity contribution in [1.82, 2.24) is 4.90 Å². The summed E-state index contributed by atoms with van der Waals surface area (Å²) in [5, 5.41) is 8.46. The number of hydrogen-bond donors (Lipinski definition) is 1. The lowest BCUT2D eigenvalue weighted by Crippen LogP contribution is -2.28. The van der Waals surface area contributed by atoms with Gasteiger partial charge >= 0.3 is 0 Å². The second-order valence-electron chi connectivity index (χ2n) is 3.65. The summed E-state index contributed by atoms with van der Waals surface area (Å²) >= 11 is 0. The van der Waals surface area contributed by atoms with E-state index in [1.165, 1.54) is 4.90 Å². The maximum Gasteiger partial charge on any atom is 0.253 e. The summed E-state index contributed by atoms with van der Waals surface area (Å²) < 4.78 is 0. The van der Waals surface area contributed by atoms with Crippen LogP contribution in [0, 0.1) is 18.3 Å². The Labute approximate surface area is 95.3 Å². The Balaban J connectivity index is 2.89. The monoisotopic (exact) mass is 217 g/mol. The zero-order valence-corrected chi connectivity index (χ0v) is 9.53. The van der Waals surface area contributed by atoms with E-state index in [4.69, 9.17) is 11.0 Å². The van der Waals surface area contributed by atoms with Gasteiger partial charge in [-0.05, 0) is 24.6 Å². The molecule has 1 rings (SSSR count). The first-order chi connectivity index (χ1) is 7.57. The summed E-state index contributed by atoms with van der Waals surface area (Å²) in [5.74, 6) is -0.0972. The third-order valence-corrected chi connectivity index (χ3v) is 2.51. The molecule has 4 heteroatoms. The minimum absolute atomic E-state index is 0.0972. The van der Waals surface area contributed by atoms with Crippen molar-refractivity contribution in [3.05, 3.63) is 29.3 Å². The minimum Gasteiger partial charge on any atom is -0.398 e. The van der Waals surface area contributed by atoms with Gasteiger partial charge < -0.3 is 10.6 Å². The van der Waals surface area contributed by atoms with Gasteiger partial charge in [-0.25, -0.2) is 0 Å². The number of anilines is 1. The number of hydrogen-bond acceptors (Lipinski definition) is 3. The SMILES string of the molecule is Cc1c(N)cccc1C(=O)N(C)CCC#N. The van der Waals surface area contributed by atoms with Crippen LogP contribution in [-0.2, 0) is 0 Å². The van der Waals surface area contributed by atoms with Crippen LogP contribution in [0.3, 0.4) is 0 Å². The predicted molar refractivity (Wildman–Crippen MR) is 62.8 cm³/mol. The third-order valence-electron chi connectivity index (χ3n) is 2.51. The molecule has 0 bridgehead atoms. The molecule has 0 radical (unpaired) electrons. The van der Waals surface area contributed by atoms with E-state index in [-0.39, 0.29) is 5.91 Å². The lowest BCUT2D eigenvalue weighted by atomic mass is 10.1. The van der Waals surface area contributed by atoms with E-state index in [0.717, 1.165) is 5.56 Å². The highest BCUT2D eigenvalue weighted by Crippen LogP contribution is 2.16. The van der Waals surface area contributed by atoms with Crippen LogP contribution in [0.1, 0.15) is 22.3 Å². The first-order valence-electron chi connectivity index (χ1n) is 5.05. The largest absolute Gasteiger partial charge is 0.398 e. The van der Waals surface area contributed by atoms with E-state index in [9.17, 15) is 4.79 Å². The molecule has 0 fully saturated rings. The molecule has 0 atom stereocenters. The number of nitrogens with zero attached hydrogens (tertiary/aromatic N) is 2. The zero-order valence-electron chi connectivity index (χ0n) is 9.53. The summed E-state index contributed by atoms with van der Waals surface area (Å²) in [6, 6.07) is 7.28. The highest BCUT2D eigenvalue weighted by atomic mass is 16.2. The zero-order chi connectivity index (χ0) is 12.1. The third kappa shape index (κ3) is 2.51. The molecular formula is C12H15N3O. The minimum atomic E-state index is -0.0972. The van der Waals surface area contributed by atoms with Gasteiger partial charge in [0.25, 0.3) is 5.91 Å². The number of nitrogen functional groups attached to an aromatic ring is 1. The smallest absolute Gasteiger partial charge is 0.253 e. The van der Waals surface area contributed by atoms with Gasteiger partial charge in [-0.2, -0.15) is 5.26 Å². The second-order valence-corrected chi connectivity index (χ2v) is 3.65. The average molecular weight is 217 g/mol. The Morgan fingerprint density at radius 3 is 2.88 bits per heavy atom. The molecule has 0 unspecified atom stereocenters. The molecule has 0 aliphatic rings. The Morgan fingerprint density at radius 2 is 2.25 bits per heavy atom. The molecule has 4 nitrogen and oxygen atoms in total. The van der Waals surface area contributed by atoms with Crippen LogP contribution in [-0.4, -0.2) is 24.4 Å². The summed E-state index contributed by atoms with van der Waals surface area (Å²) in [7, 11) is 1.68. The molecule has 1 aromatic rings. The van der Waals surface area contributed by atoms with Crippen molar-refractivity contribution in [1.29, 1.82) is 5.26 Å². The Bertz CT molecular complexity index is 434. The molecule has 0 saturated carbocycles. The quantitative estimate of drug-likeness (QED) is 0.781. The molecule has 84 valence electrons. The van der Waals surface area contributed by atoms with Gasteiger partial charge in [0.15, 0.2) is 0 Å². The fourth-order valence-electron chi connectivity index (χ4n) is 1.41. The van der Waals surface area contributed by atoms with E-state index >= 15 is 0 Å². The van der Waals surface area contributed by atoms with E-state index in [0.29, 0.717) is 24.2 Å². The number of benzene rings is 1. The molecule has 1 aromatic carbocycles. The molecule has 0 aliphatic heterocycles. The van der Waals surface area contributed by atoms with Crippen LogP contribution >= 0.6 is 0 Å². The van der Waals surface area contributed by atoms with E-state index in [1.54, 1.807) is 25.2 Å². The number of carbonyl (C=O) groups excluding carboxylic acids is 1. The lowest BCUT2D eigenvalue weighted by molar-refractivity contribution is 0.0797. The van der Waals surface area contributed by atoms with Gasteiger partial charge in [-0.1, -0.05) is 6.07 Å². The fourth-order valence-corrected chi connectivity index (χ4v) is 1.41. The van der Waals surface area contributed by atoms with Gasteiger partial charge in [0.05, 0.1) is 12.5 Å². The number of amides is 1. The Hall–Kier alpha value is -2.02. The van der Waals surface area contributed by atoms with E-state index in [2.05, 4.69) is 0 Å². The van der Waals surface area contributed by atoms with Gasteiger partial charge in [0.2, 0.25) is 0 Å². The normalized spacial score (nSPS) is 9.56. The topological polar surface area (TPSA) is 70.1 Å². The summed E-state index contributed by atoms with van der Waals surface area (Å²) in [5.41, 5.74) is 7.73. The van der Waals surface area contributed by atoms with Gasteiger partial charge in [0.1, 0.15) is 0 Å². The molecule has 0 spiro atoms. The van der Waals surface area contributed by atoms with Crippen LogP contribution in [0.4, 0.5) is 5.69 Å². The van der Waals surface area contributed by atoms with Crippen molar-refractivity contribution >= 4 is 11.6 Å². The molecule has 2 N–H and O–H groups in total. The van der Waals surface area contributed by atoms with Crippen molar-refractivity contribution in [2.45, 2.75) is 13.3 Å². The van der Waals surface area contributed by atoms with Crippen LogP contribution in [0.15, 0.2) is 18.2 Å². The van der Waals surface area contributed by atoms with Crippen molar-refractivity contribution < 1.29 is 4.79 Å². The lowest BCUT2D eigenvalue weighted by Gasteiger charge is -2.17. The number of nitrogens with two attached hydrogens (primary N) is 1. The molecule has 0 heterocycles. The van der Waals surface area contributed by atoms with Crippen molar-refractivity contribution in [3.8, 4) is 6.07 Å². The molecular weight excluding hydrogens is 202 g/mol. The Morgan fingerprint density at radius 1 is 1.56 bits per heavy atom. The van der Waals surface area contributed by atoms with Crippen LogP contribution < -0.4 is 5.73 Å². The molecule has 0 aliphatic carbocycles. The molecule has 0 aromatic heterocycles. The Kier molecular flexibility index (Phi) is 3.90.